The summed E-state index contributed by atoms with van der Waals surface area (Å²) in [6.07, 6.45) is 3.71. The fraction of sp³-hybridized carbons (Fsp3) is 0.391. The zero-order valence-corrected chi connectivity index (χ0v) is 16.7. The third kappa shape index (κ3) is 4.71. The molecule has 148 valence electrons. The number of hydrogen-bond acceptors (Lipinski definition) is 3. The molecule has 2 amide bonds. The van der Waals surface area contributed by atoms with Crippen LogP contribution in [0.5, 0.6) is 5.75 Å². The maximum absolute atomic E-state index is 12.7. The number of fused-ring (bicyclic) bond motifs is 1. The van der Waals surface area contributed by atoms with Crippen molar-refractivity contribution in [3.8, 4) is 5.75 Å². The standard InChI is InChI=1S/C23H28N2O3/c1-15(2)24-23(27)19-12-6-7-13-20(19)25-22(26)16(3)28-21-14-8-10-17-9-4-5-11-18(17)21/h6-8,10,12-16H,4-5,9,11H2,1-3H3,(H,24,27)(H,25,26)/t16-/m1/s1. The van der Waals surface area contributed by atoms with Crippen LogP contribution in [0.3, 0.4) is 0 Å². The minimum atomic E-state index is -0.672. The Kier molecular flexibility index (Phi) is 6.34. The Balaban J connectivity index is 1.71. The molecule has 0 unspecified atom stereocenters. The number of amides is 2. The van der Waals surface area contributed by atoms with Crippen LogP contribution in [0.4, 0.5) is 5.69 Å². The van der Waals surface area contributed by atoms with Crippen LogP contribution in [0.15, 0.2) is 42.5 Å². The van der Waals surface area contributed by atoms with Gasteiger partial charge in [-0.15, -0.1) is 0 Å². The highest BCUT2D eigenvalue weighted by molar-refractivity contribution is 6.04. The Morgan fingerprint density at radius 3 is 2.50 bits per heavy atom. The lowest BCUT2D eigenvalue weighted by atomic mass is 9.91. The molecule has 0 fully saturated rings. The fourth-order valence-electron chi connectivity index (χ4n) is 3.47. The number of aryl methyl sites for hydroxylation is 1. The summed E-state index contributed by atoms with van der Waals surface area (Å²) >= 11 is 0. The molecule has 0 bridgehead atoms. The summed E-state index contributed by atoms with van der Waals surface area (Å²) < 4.78 is 6.00. The van der Waals surface area contributed by atoms with Gasteiger partial charge in [-0.2, -0.15) is 0 Å². The maximum atomic E-state index is 12.7. The first-order valence-electron chi connectivity index (χ1n) is 9.94. The molecule has 2 N–H and O–H groups in total. The second-order valence-electron chi connectivity index (χ2n) is 7.52. The topological polar surface area (TPSA) is 67.4 Å². The largest absolute Gasteiger partial charge is 0.481 e. The molecular formula is C23H28N2O3. The summed E-state index contributed by atoms with van der Waals surface area (Å²) in [5.74, 6) is 0.292. The average Bonchev–Trinajstić information content (AvgIpc) is 2.68. The van der Waals surface area contributed by atoms with E-state index in [0.717, 1.165) is 25.0 Å². The lowest BCUT2D eigenvalue weighted by Gasteiger charge is -2.22. The molecule has 5 heteroatoms. The molecular weight excluding hydrogens is 352 g/mol. The molecule has 0 saturated carbocycles. The molecule has 2 aromatic carbocycles. The van der Waals surface area contributed by atoms with Gasteiger partial charge < -0.3 is 15.4 Å². The number of carbonyl (C=O) groups is 2. The van der Waals surface area contributed by atoms with E-state index in [1.54, 1.807) is 31.2 Å². The van der Waals surface area contributed by atoms with Crippen molar-refractivity contribution < 1.29 is 14.3 Å². The molecule has 5 nitrogen and oxygen atoms in total. The zero-order valence-electron chi connectivity index (χ0n) is 16.7. The van der Waals surface area contributed by atoms with Gasteiger partial charge in [0.1, 0.15) is 5.75 Å². The van der Waals surface area contributed by atoms with Crippen LogP contribution in [0.2, 0.25) is 0 Å². The van der Waals surface area contributed by atoms with E-state index in [1.807, 2.05) is 26.0 Å². The first kappa shape index (κ1) is 19.9. The van der Waals surface area contributed by atoms with Crippen molar-refractivity contribution in [1.82, 2.24) is 5.32 Å². The van der Waals surface area contributed by atoms with Crippen LogP contribution in [0.25, 0.3) is 0 Å². The monoisotopic (exact) mass is 380 g/mol. The van der Waals surface area contributed by atoms with Crippen molar-refractivity contribution >= 4 is 17.5 Å². The van der Waals surface area contributed by atoms with Crippen LogP contribution < -0.4 is 15.4 Å². The lowest BCUT2D eigenvalue weighted by molar-refractivity contribution is -0.122. The highest BCUT2D eigenvalue weighted by Crippen LogP contribution is 2.30. The van der Waals surface area contributed by atoms with Crippen molar-refractivity contribution in [2.24, 2.45) is 0 Å². The van der Waals surface area contributed by atoms with E-state index in [2.05, 4.69) is 16.7 Å². The summed E-state index contributed by atoms with van der Waals surface area (Å²) in [7, 11) is 0. The number of para-hydroxylation sites is 1. The predicted molar refractivity (Wildman–Crippen MR) is 111 cm³/mol. The number of nitrogens with one attached hydrogen (secondary N) is 2. The predicted octanol–water partition coefficient (Wildman–Crippen LogP) is 4.11. The molecule has 1 atom stereocenters. The number of rotatable bonds is 6. The zero-order chi connectivity index (χ0) is 20.1. The number of hydrogen-bond donors (Lipinski definition) is 2. The molecule has 0 saturated heterocycles. The second kappa shape index (κ2) is 8.91. The van der Waals surface area contributed by atoms with Gasteiger partial charge in [-0.05, 0) is 75.8 Å². The Morgan fingerprint density at radius 1 is 0.964 bits per heavy atom. The first-order chi connectivity index (χ1) is 13.5. The van der Waals surface area contributed by atoms with Crippen LogP contribution >= 0.6 is 0 Å². The molecule has 3 rings (SSSR count). The second-order valence-corrected chi connectivity index (χ2v) is 7.52. The molecule has 0 aromatic heterocycles. The number of benzene rings is 2. The van der Waals surface area contributed by atoms with E-state index in [0.29, 0.717) is 11.3 Å². The summed E-state index contributed by atoms with van der Waals surface area (Å²) in [6.45, 7) is 5.53. The van der Waals surface area contributed by atoms with Crippen molar-refractivity contribution in [3.05, 3.63) is 59.2 Å². The van der Waals surface area contributed by atoms with Gasteiger partial charge >= 0.3 is 0 Å². The maximum Gasteiger partial charge on any atom is 0.265 e. The Bertz CT molecular complexity index is 861. The third-order valence-corrected chi connectivity index (χ3v) is 4.88. The summed E-state index contributed by atoms with van der Waals surface area (Å²) in [5, 5.41) is 5.69. The Labute approximate surface area is 166 Å². The van der Waals surface area contributed by atoms with Crippen molar-refractivity contribution in [3.63, 3.8) is 0 Å². The van der Waals surface area contributed by atoms with E-state index >= 15 is 0 Å². The van der Waals surface area contributed by atoms with Gasteiger partial charge in [-0.1, -0.05) is 24.3 Å². The van der Waals surface area contributed by atoms with Gasteiger partial charge in [0, 0.05) is 6.04 Å². The fourth-order valence-corrected chi connectivity index (χ4v) is 3.47. The third-order valence-electron chi connectivity index (χ3n) is 4.88. The summed E-state index contributed by atoms with van der Waals surface area (Å²) in [4.78, 5) is 25.1. The normalized spacial score (nSPS) is 14.1. The molecule has 0 aliphatic heterocycles. The molecule has 1 aliphatic rings. The van der Waals surface area contributed by atoms with E-state index in [-0.39, 0.29) is 17.9 Å². The molecule has 0 spiro atoms. The smallest absolute Gasteiger partial charge is 0.265 e. The van der Waals surface area contributed by atoms with Crippen molar-refractivity contribution in [1.29, 1.82) is 0 Å². The Hall–Kier alpha value is -2.82. The van der Waals surface area contributed by atoms with Gasteiger partial charge in [0.05, 0.1) is 11.3 Å². The van der Waals surface area contributed by atoms with Gasteiger partial charge in [0.25, 0.3) is 11.8 Å². The number of carbonyl (C=O) groups excluding carboxylic acids is 2. The van der Waals surface area contributed by atoms with Crippen LogP contribution in [-0.2, 0) is 17.6 Å². The minimum Gasteiger partial charge on any atom is -0.481 e. The molecule has 28 heavy (non-hydrogen) atoms. The van der Waals surface area contributed by atoms with Crippen molar-refractivity contribution in [2.45, 2.75) is 58.6 Å². The highest BCUT2D eigenvalue weighted by atomic mass is 16.5. The van der Waals surface area contributed by atoms with Crippen LogP contribution in [0.1, 0.15) is 55.1 Å². The average molecular weight is 380 g/mol. The molecule has 0 radical (unpaired) electrons. The Morgan fingerprint density at radius 2 is 1.71 bits per heavy atom. The molecule has 1 aliphatic carbocycles. The van der Waals surface area contributed by atoms with Crippen molar-refractivity contribution in [2.75, 3.05) is 5.32 Å². The minimum absolute atomic E-state index is 0.0165. The van der Waals surface area contributed by atoms with Crippen LogP contribution in [-0.4, -0.2) is 24.0 Å². The lowest BCUT2D eigenvalue weighted by Crippen LogP contribution is -2.33. The van der Waals surface area contributed by atoms with Gasteiger partial charge in [0.2, 0.25) is 0 Å². The van der Waals surface area contributed by atoms with Gasteiger partial charge in [0.15, 0.2) is 6.10 Å². The number of anilines is 1. The SMILES string of the molecule is CC(C)NC(=O)c1ccccc1NC(=O)[C@@H](C)Oc1cccc2c1CCCC2. The van der Waals surface area contributed by atoms with Gasteiger partial charge in [-0.25, -0.2) is 0 Å². The van der Waals surface area contributed by atoms with Crippen LogP contribution in [0, 0.1) is 0 Å². The summed E-state index contributed by atoms with van der Waals surface area (Å²) in [6, 6.07) is 13.1. The summed E-state index contributed by atoms with van der Waals surface area (Å²) in [5.41, 5.74) is 3.45. The first-order valence-corrected chi connectivity index (χ1v) is 9.94. The van der Waals surface area contributed by atoms with E-state index in [4.69, 9.17) is 4.74 Å². The quantitative estimate of drug-likeness (QED) is 0.792. The molecule has 0 heterocycles. The highest BCUT2D eigenvalue weighted by Gasteiger charge is 2.21. The van der Waals surface area contributed by atoms with E-state index in [9.17, 15) is 9.59 Å². The van der Waals surface area contributed by atoms with E-state index < -0.39 is 6.10 Å². The van der Waals surface area contributed by atoms with Gasteiger partial charge in [-0.3, -0.25) is 9.59 Å². The molecule has 2 aromatic rings. The number of ether oxygens (including phenoxy) is 1. The van der Waals surface area contributed by atoms with E-state index in [1.165, 1.54) is 17.5 Å².